The number of carbonyl (C=O) groups excluding carboxylic acids is 1. The third-order valence-electron chi connectivity index (χ3n) is 1.49. The molecular weight excluding hydrogens is 204 g/mol. The van der Waals surface area contributed by atoms with Crippen LogP contribution in [0.4, 0.5) is 0 Å². The number of carbonyl (C=O) groups is 1. The van der Waals surface area contributed by atoms with Gasteiger partial charge in [0.25, 0.3) is 0 Å². The summed E-state index contributed by atoms with van der Waals surface area (Å²) >= 11 is 0. The van der Waals surface area contributed by atoms with Gasteiger partial charge in [0.2, 0.25) is 0 Å². The minimum Gasteiger partial charge on any atom is -0.433 e. The molecule has 3 nitrogen and oxygen atoms in total. The molecule has 1 atom stereocenters. The van der Waals surface area contributed by atoms with Crippen molar-refractivity contribution in [3.8, 4) is 0 Å². The lowest BCUT2D eigenvalue weighted by Gasteiger charge is -2.01. The minimum absolute atomic E-state index is 0.611. The average molecular weight is 220 g/mol. The largest absolute Gasteiger partial charge is 0.433 e. The number of esters is 1. The van der Waals surface area contributed by atoms with Gasteiger partial charge in [-0.3, -0.25) is 0 Å². The van der Waals surface area contributed by atoms with E-state index in [1.54, 1.807) is 0 Å². The van der Waals surface area contributed by atoms with Gasteiger partial charge in [-0.1, -0.05) is 49.6 Å². The summed E-state index contributed by atoms with van der Waals surface area (Å²) in [6.45, 7) is 8.11. The van der Waals surface area contributed by atoms with Gasteiger partial charge in [0.15, 0.2) is 6.29 Å². The van der Waals surface area contributed by atoms with Gasteiger partial charge < -0.3 is 9.84 Å². The van der Waals surface area contributed by atoms with E-state index in [9.17, 15) is 4.79 Å². The second-order valence-corrected chi connectivity index (χ2v) is 2.86. The van der Waals surface area contributed by atoms with Crippen molar-refractivity contribution in [3.05, 3.63) is 55.1 Å². The van der Waals surface area contributed by atoms with Crippen LogP contribution in [0, 0.1) is 0 Å². The summed E-state index contributed by atoms with van der Waals surface area (Å²) in [7, 11) is 0. The van der Waals surface area contributed by atoms with Gasteiger partial charge in [-0.15, -0.1) is 0 Å². The lowest BCUT2D eigenvalue weighted by Crippen LogP contribution is -2.10. The normalized spacial score (nSPS) is 10.4. The molecule has 0 bridgehead atoms. The van der Waals surface area contributed by atoms with Crippen LogP contribution in [0.25, 0.3) is 6.08 Å². The van der Waals surface area contributed by atoms with Crippen molar-refractivity contribution >= 4 is 12.0 Å². The monoisotopic (exact) mass is 220 g/mol. The summed E-state index contributed by atoms with van der Waals surface area (Å²) in [5, 5.41) is 8.36. The topological polar surface area (TPSA) is 46.5 Å². The highest BCUT2D eigenvalue weighted by atomic mass is 16.6. The third kappa shape index (κ3) is 7.53. The number of aliphatic hydroxyl groups is 1. The molecule has 0 saturated carbocycles. The molecule has 1 aromatic rings. The Morgan fingerprint density at radius 1 is 1.38 bits per heavy atom. The second kappa shape index (κ2) is 8.44. The van der Waals surface area contributed by atoms with Crippen LogP contribution >= 0.6 is 0 Å². The number of hydrogen-bond donors (Lipinski definition) is 1. The summed E-state index contributed by atoms with van der Waals surface area (Å²) in [6.07, 6.45) is 1.78. The molecule has 86 valence electrons. The Labute approximate surface area is 95.7 Å². The molecular formula is C13H16O3. The van der Waals surface area contributed by atoms with Crippen LogP contribution in [0.5, 0.6) is 0 Å². The molecule has 0 aromatic heterocycles. The molecule has 0 fully saturated rings. The van der Waals surface area contributed by atoms with Crippen LogP contribution in [0.15, 0.2) is 49.6 Å². The maximum absolute atomic E-state index is 10.1. The van der Waals surface area contributed by atoms with Gasteiger partial charge in [-0.2, -0.15) is 0 Å². The van der Waals surface area contributed by atoms with E-state index >= 15 is 0 Å². The number of benzene rings is 1. The van der Waals surface area contributed by atoms with Crippen molar-refractivity contribution < 1.29 is 14.6 Å². The van der Waals surface area contributed by atoms with Crippen LogP contribution in [-0.4, -0.2) is 17.4 Å². The highest BCUT2D eigenvalue weighted by Gasteiger charge is 1.97. The van der Waals surface area contributed by atoms with Crippen molar-refractivity contribution in [2.45, 2.75) is 13.2 Å². The Balaban J connectivity index is 0.000000281. The van der Waals surface area contributed by atoms with Gasteiger partial charge in [0.1, 0.15) is 0 Å². The number of rotatable bonds is 3. The van der Waals surface area contributed by atoms with Crippen LogP contribution < -0.4 is 0 Å². The Morgan fingerprint density at radius 3 is 2.19 bits per heavy atom. The fourth-order valence-electron chi connectivity index (χ4n) is 0.805. The van der Waals surface area contributed by atoms with E-state index in [0.717, 1.165) is 6.08 Å². The lowest BCUT2D eigenvalue weighted by molar-refractivity contribution is -0.158. The van der Waals surface area contributed by atoms with Crippen molar-refractivity contribution in [2.75, 3.05) is 0 Å². The molecule has 0 aliphatic rings. The minimum atomic E-state index is -1.04. The zero-order valence-electron chi connectivity index (χ0n) is 9.30. The van der Waals surface area contributed by atoms with E-state index in [0.29, 0.717) is 0 Å². The summed E-state index contributed by atoms with van der Waals surface area (Å²) in [5.41, 5.74) is 1.17. The Morgan fingerprint density at radius 2 is 1.94 bits per heavy atom. The SMILES string of the molecule is C=CC(=O)OC(C)O.C=Cc1ccccc1. The van der Waals surface area contributed by atoms with E-state index in [2.05, 4.69) is 17.9 Å². The van der Waals surface area contributed by atoms with Crippen molar-refractivity contribution in [1.29, 1.82) is 0 Å². The quantitative estimate of drug-likeness (QED) is 0.483. The third-order valence-corrected chi connectivity index (χ3v) is 1.49. The van der Waals surface area contributed by atoms with Crippen molar-refractivity contribution in [3.63, 3.8) is 0 Å². The molecule has 0 amide bonds. The first-order chi connectivity index (χ1) is 7.60. The van der Waals surface area contributed by atoms with E-state index in [1.807, 2.05) is 36.4 Å². The highest BCUT2D eigenvalue weighted by Crippen LogP contribution is 1.97. The van der Waals surface area contributed by atoms with Crippen LogP contribution in [0.2, 0.25) is 0 Å². The average Bonchev–Trinajstić information content (AvgIpc) is 2.30. The fourth-order valence-corrected chi connectivity index (χ4v) is 0.805. The maximum Gasteiger partial charge on any atom is 0.332 e. The zero-order chi connectivity index (χ0) is 12.4. The van der Waals surface area contributed by atoms with Gasteiger partial charge >= 0.3 is 5.97 Å². The molecule has 0 spiro atoms. The molecule has 1 aromatic carbocycles. The van der Waals surface area contributed by atoms with Crippen LogP contribution in [0.1, 0.15) is 12.5 Å². The molecule has 1 rings (SSSR count). The number of aliphatic hydroxyl groups excluding tert-OH is 1. The van der Waals surface area contributed by atoms with Gasteiger partial charge in [-0.25, -0.2) is 4.79 Å². The second-order valence-electron chi connectivity index (χ2n) is 2.86. The molecule has 3 heteroatoms. The molecule has 0 radical (unpaired) electrons. The highest BCUT2D eigenvalue weighted by molar-refractivity contribution is 5.81. The first-order valence-corrected chi connectivity index (χ1v) is 4.78. The summed E-state index contributed by atoms with van der Waals surface area (Å²) in [5.74, 6) is -0.611. The Kier molecular flexibility index (Phi) is 7.45. The van der Waals surface area contributed by atoms with Crippen LogP contribution in [0.3, 0.4) is 0 Å². The number of hydrogen-bond acceptors (Lipinski definition) is 3. The molecule has 0 saturated heterocycles. The molecule has 0 aliphatic heterocycles. The predicted octanol–water partition coefficient (Wildman–Crippen LogP) is 2.38. The fraction of sp³-hybridized carbons (Fsp3) is 0.154. The molecule has 0 aliphatic carbocycles. The first-order valence-electron chi connectivity index (χ1n) is 4.78. The molecule has 0 heterocycles. The standard InChI is InChI=1S/C8H8.C5H8O3/c1-2-8-6-4-3-5-7-8;1-3-5(7)8-4(2)6/h2-7H,1H2;3-4,6H,1H2,2H3. The van der Waals surface area contributed by atoms with E-state index < -0.39 is 12.3 Å². The zero-order valence-corrected chi connectivity index (χ0v) is 9.30. The smallest absolute Gasteiger partial charge is 0.332 e. The van der Waals surface area contributed by atoms with E-state index in [-0.39, 0.29) is 0 Å². The Bertz CT molecular complexity index is 328. The van der Waals surface area contributed by atoms with E-state index in [1.165, 1.54) is 12.5 Å². The molecule has 16 heavy (non-hydrogen) atoms. The first kappa shape index (κ1) is 14.1. The van der Waals surface area contributed by atoms with Gasteiger partial charge in [-0.05, 0) is 12.5 Å². The summed E-state index contributed by atoms with van der Waals surface area (Å²) in [6, 6.07) is 10.0. The summed E-state index contributed by atoms with van der Waals surface area (Å²) < 4.78 is 4.20. The number of ether oxygens (including phenoxy) is 1. The molecule has 1 N–H and O–H groups in total. The van der Waals surface area contributed by atoms with Gasteiger partial charge in [0.05, 0.1) is 0 Å². The predicted molar refractivity (Wildman–Crippen MR) is 64.5 cm³/mol. The van der Waals surface area contributed by atoms with Gasteiger partial charge in [0, 0.05) is 6.08 Å². The van der Waals surface area contributed by atoms with E-state index in [4.69, 9.17) is 5.11 Å². The maximum atomic E-state index is 10.1. The van der Waals surface area contributed by atoms with Crippen LogP contribution in [-0.2, 0) is 9.53 Å². The summed E-state index contributed by atoms with van der Waals surface area (Å²) in [4.78, 5) is 10.1. The van der Waals surface area contributed by atoms with Crippen molar-refractivity contribution in [2.24, 2.45) is 0 Å². The lowest BCUT2D eigenvalue weighted by atomic mass is 10.2. The Hall–Kier alpha value is -1.87. The molecule has 1 unspecified atom stereocenters. The van der Waals surface area contributed by atoms with Crippen molar-refractivity contribution in [1.82, 2.24) is 0 Å².